The third-order valence-electron chi connectivity index (χ3n) is 5.77. The Hall–Kier alpha value is -2.37. The minimum atomic E-state index is -0.840. The van der Waals surface area contributed by atoms with E-state index in [1.807, 2.05) is 39.0 Å². The number of aryl methyl sites for hydroxylation is 2. The zero-order valence-corrected chi connectivity index (χ0v) is 16.3. The molecule has 1 unspecified atom stereocenters. The molecule has 3 atom stereocenters. The Morgan fingerprint density at radius 2 is 1.67 bits per heavy atom. The van der Waals surface area contributed by atoms with E-state index in [0.29, 0.717) is 25.2 Å². The van der Waals surface area contributed by atoms with Gasteiger partial charge in [-0.05, 0) is 44.7 Å². The van der Waals surface area contributed by atoms with Crippen LogP contribution in [-0.2, 0) is 9.59 Å². The van der Waals surface area contributed by atoms with Gasteiger partial charge in [0, 0.05) is 31.7 Å². The minimum Gasteiger partial charge on any atom is -0.481 e. The number of benzene rings is 1. The molecule has 0 aromatic heterocycles. The van der Waals surface area contributed by atoms with Gasteiger partial charge < -0.3 is 14.9 Å². The second-order valence-corrected chi connectivity index (χ2v) is 8.13. The molecule has 1 aromatic rings. The van der Waals surface area contributed by atoms with Gasteiger partial charge in [0.05, 0.1) is 11.8 Å². The van der Waals surface area contributed by atoms with Crippen molar-refractivity contribution in [1.82, 2.24) is 9.80 Å². The summed E-state index contributed by atoms with van der Waals surface area (Å²) in [5.41, 5.74) is 2.77. The van der Waals surface area contributed by atoms with Gasteiger partial charge in [-0.1, -0.05) is 24.1 Å². The highest BCUT2D eigenvalue weighted by molar-refractivity contribution is 5.95. The lowest BCUT2D eigenvalue weighted by molar-refractivity contribution is -0.142. The Labute approximate surface area is 160 Å². The van der Waals surface area contributed by atoms with Crippen molar-refractivity contribution in [3.8, 4) is 0 Å². The minimum absolute atomic E-state index is 0.0106. The largest absolute Gasteiger partial charge is 0.481 e. The van der Waals surface area contributed by atoms with Gasteiger partial charge in [-0.2, -0.15) is 0 Å². The van der Waals surface area contributed by atoms with Gasteiger partial charge in [-0.15, -0.1) is 0 Å². The maximum absolute atomic E-state index is 12.9. The monoisotopic (exact) mass is 372 g/mol. The lowest BCUT2D eigenvalue weighted by Gasteiger charge is -2.34. The summed E-state index contributed by atoms with van der Waals surface area (Å²) < 4.78 is 0. The molecule has 6 nitrogen and oxygen atoms in total. The Kier molecular flexibility index (Phi) is 5.53. The molecule has 6 heteroatoms. The van der Waals surface area contributed by atoms with Crippen molar-refractivity contribution in [1.29, 1.82) is 0 Å². The van der Waals surface area contributed by atoms with Gasteiger partial charge >= 0.3 is 5.97 Å². The van der Waals surface area contributed by atoms with Crippen molar-refractivity contribution in [3.05, 3.63) is 34.9 Å². The first-order chi connectivity index (χ1) is 12.8. The van der Waals surface area contributed by atoms with E-state index in [2.05, 4.69) is 0 Å². The van der Waals surface area contributed by atoms with Crippen molar-refractivity contribution >= 4 is 17.8 Å². The van der Waals surface area contributed by atoms with Gasteiger partial charge in [0.25, 0.3) is 5.91 Å². The number of amides is 2. The normalized spacial score (nSPS) is 25.5. The van der Waals surface area contributed by atoms with Crippen molar-refractivity contribution in [3.63, 3.8) is 0 Å². The number of aliphatic carboxylic acids is 1. The quantitative estimate of drug-likeness (QED) is 0.883. The molecule has 0 aliphatic carbocycles. The molecule has 0 bridgehead atoms. The lowest BCUT2D eigenvalue weighted by Crippen LogP contribution is -2.46. The van der Waals surface area contributed by atoms with Crippen molar-refractivity contribution in [2.75, 3.05) is 26.2 Å². The van der Waals surface area contributed by atoms with Gasteiger partial charge in [-0.3, -0.25) is 14.4 Å². The van der Waals surface area contributed by atoms with Crippen LogP contribution in [0.5, 0.6) is 0 Å². The Morgan fingerprint density at radius 3 is 2.26 bits per heavy atom. The molecule has 2 heterocycles. The first-order valence-electron chi connectivity index (χ1n) is 9.65. The average molecular weight is 372 g/mol. The smallest absolute Gasteiger partial charge is 0.308 e. The fourth-order valence-corrected chi connectivity index (χ4v) is 4.37. The van der Waals surface area contributed by atoms with Gasteiger partial charge in [0.1, 0.15) is 0 Å². The summed E-state index contributed by atoms with van der Waals surface area (Å²) in [5, 5.41) is 9.29. The second kappa shape index (κ2) is 7.71. The summed E-state index contributed by atoms with van der Waals surface area (Å²) in [6.45, 7) is 7.65. The molecule has 2 aliphatic rings. The van der Waals surface area contributed by atoms with Crippen LogP contribution in [0.25, 0.3) is 0 Å². The number of carbonyl (C=O) groups is 3. The summed E-state index contributed by atoms with van der Waals surface area (Å²) in [7, 11) is 0. The molecule has 2 amide bonds. The third kappa shape index (κ3) is 4.15. The summed E-state index contributed by atoms with van der Waals surface area (Å²) in [6, 6.07) is 5.81. The number of carbonyl (C=O) groups excluding carboxylic acids is 2. The van der Waals surface area contributed by atoms with E-state index in [1.165, 1.54) is 0 Å². The fraction of sp³-hybridized carbons (Fsp3) is 0.571. The number of nitrogens with zero attached hydrogens (tertiary/aromatic N) is 2. The van der Waals surface area contributed by atoms with Crippen LogP contribution in [0, 0.1) is 31.6 Å². The Morgan fingerprint density at radius 1 is 1.00 bits per heavy atom. The number of carboxylic acids is 1. The van der Waals surface area contributed by atoms with Gasteiger partial charge in [-0.25, -0.2) is 0 Å². The topological polar surface area (TPSA) is 77.9 Å². The highest BCUT2D eigenvalue weighted by Crippen LogP contribution is 2.27. The highest BCUT2D eigenvalue weighted by atomic mass is 16.4. The van der Waals surface area contributed by atoms with Crippen LogP contribution in [0.2, 0.25) is 0 Å². The average Bonchev–Trinajstić information content (AvgIpc) is 3.01. The molecule has 0 saturated carbocycles. The molecule has 1 N–H and O–H groups in total. The van der Waals surface area contributed by atoms with E-state index in [4.69, 9.17) is 0 Å². The van der Waals surface area contributed by atoms with Crippen molar-refractivity contribution in [2.24, 2.45) is 17.8 Å². The highest BCUT2D eigenvalue weighted by Gasteiger charge is 2.40. The molecule has 27 heavy (non-hydrogen) atoms. The second-order valence-electron chi connectivity index (χ2n) is 8.13. The van der Waals surface area contributed by atoms with E-state index in [1.54, 1.807) is 9.80 Å². The first kappa shape index (κ1) is 19.4. The van der Waals surface area contributed by atoms with Gasteiger partial charge in [0.15, 0.2) is 0 Å². The molecule has 0 radical (unpaired) electrons. The predicted octanol–water partition coefficient (Wildman–Crippen LogP) is 2.33. The number of hydrogen-bond acceptors (Lipinski definition) is 3. The van der Waals surface area contributed by atoms with Crippen LogP contribution in [0.4, 0.5) is 0 Å². The maximum Gasteiger partial charge on any atom is 0.308 e. The zero-order valence-electron chi connectivity index (χ0n) is 16.3. The molecule has 3 rings (SSSR count). The van der Waals surface area contributed by atoms with Crippen LogP contribution in [-0.4, -0.2) is 58.9 Å². The van der Waals surface area contributed by atoms with E-state index in [-0.39, 0.29) is 30.2 Å². The number of likely N-dealkylation sites (tertiary alicyclic amines) is 2. The lowest BCUT2D eigenvalue weighted by atomic mass is 9.95. The standard InChI is InChI=1S/C21H28N2O4/c1-13-7-14(2)9-17(8-13)20(25)22-6-4-5-16(11-22)19(24)23-10-15(3)18(12-23)21(26)27/h7-9,15-16,18H,4-6,10-12H2,1-3H3,(H,26,27)/t15-,16?,18-/m1/s1. The van der Waals surface area contributed by atoms with Gasteiger partial charge in [0.2, 0.25) is 5.91 Å². The summed E-state index contributed by atoms with van der Waals surface area (Å²) in [4.78, 5) is 40.6. The molecule has 0 spiro atoms. The molecule has 146 valence electrons. The SMILES string of the molecule is Cc1cc(C)cc(C(=O)N2CCCC(C(=O)N3C[C@@H](C)[C@H](C(=O)O)C3)C2)c1. The zero-order chi connectivity index (χ0) is 19.7. The van der Waals surface area contributed by atoms with Crippen LogP contribution in [0.15, 0.2) is 18.2 Å². The van der Waals surface area contributed by atoms with Crippen LogP contribution < -0.4 is 0 Å². The molecule has 2 fully saturated rings. The first-order valence-corrected chi connectivity index (χ1v) is 9.65. The van der Waals surface area contributed by atoms with E-state index < -0.39 is 11.9 Å². The third-order valence-corrected chi connectivity index (χ3v) is 5.77. The van der Waals surface area contributed by atoms with E-state index in [0.717, 1.165) is 24.0 Å². The van der Waals surface area contributed by atoms with E-state index in [9.17, 15) is 19.5 Å². The Balaban J connectivity index is 1.68. The number of carboxylic acid groups (broad SMARTS) is 1. The molecule has 2 saturated heterocycles. The summed E-state index contributed by atoms with van der Waals surface area (Å²) in [5.74, 6) is -1.66. The number of rotatable bonds is 3. The number of hydrogen-bond donors (Lipinski definition) is 1. The molecule has 1 aromatic carbocycles. The molecule has 2 aliphatic heterocycles. The van der Waals surface area contributed by atoms with Crippen LogP contribution in [0.3, 0.4) is 0 Å². The molecular weight excluding hydrogens is 344 g/mol. The van der Waals surface area contributed by atoms with Crippen molar-refractivity contribution in [2.45, 2.75) is 33.6 Å². The van der Waals surface area contributed by atoms with Crippen molar-refractivity contribution < 1.29 is 19.5 Å². The maximum atomic E-state index is 12.9. The fourth-order valence-electron chi connectivity index (χ4n) is 4.37. The van der Waals surface area contributed by atoms with Crippen LogP contribution in [0.1, 0.15) is 41.3 Å². The number of piperidine rings is 1. The summed E-state index contributed by atoms with van der Waals surface area (Å²) >= 11 is 0. The summed E-state index contributed by atoms with van der Waals surface area (Å²) in [6.07, 6.45) is 1.54. The predicted molar refractivity (Wildman–Crippen MR) is 101 cm³/mol. The van der Waals surface area contributed by atoms with E-state index >= 15 is 0 Å². The van der Waals surface area contributed by atoms with Crippen LogP contribution >= 0.6 is 0 Å². The molecular formula is C21H28N2O4. The Bertz CT molecular complexity index is 740.